The van der Waals surface area contributed by atoms with Crippen molar-refractivity contribution in [1.29, 1.82) is 0 Å². The molecule has 3 rings (SSSR count). The van der Waals surface area contributed by atoms with Crippen LogP contribution in [0.1, 0.15) is 55.8 Å². The summed E-state index contributed by atoms with van der Waals surface area (Å²) < 4.78 is 0. The lowest BCUT2D eigenvalue weighted by Gasteiger charge is -2.34. The Hall–Kier alpha value is -2.17. The van der Waals surface area contributed by atoms with Crippen molar-refractivity contribution in [2.45, 2.75) is 51.5 Å². The Morgan fingerprint density at radius 2 is 2.00 bits per heavy atom. The average Bonchev–Trinajstić information content (AvgIpc) is 2.68. The first kappa shape index (κ1) is 15.7. The summed E-state index contributed by atoms with van der Waals surface area (Å²) in [5.41, 5.74) is 0.896. The smallest absolute Gasteiger partial charge is 0.256 e. The summed E-state index contributed by atoms with van der Waals surface area (Å²) in [6.45, 7) is 2.60. The van der Waals surface area contributed by atoms with Crippen LogP contribution in [0.3, 0.4) is 0 Å². The maximum Gasteiger partial charge on any atom is 0.256 e. The minimum Gasteiger partial charge on any atom is -0.327 e. The molecule has 0 aliphatic carbocycles. The van der Waals surface area contributed by atoms with Crippen molar-refractivity contribution < 1.29 is 14.4 Å². The number of hydrogen-bond donors (Lipinski definition) is 0. The first-order valence-electron chi connectivity index (χ1n) is 8.42. The first-order valence-corrected chi connectivity index (χ1v) is 8.42. The number of carbonyl (C=O) groups excluding carboxylic acids is 3. The predicted molar refractivity (Wildman–Crippen MR) is 87.1 cm³/mol. The summed E-state index contributed by atoms with van der Waals surface area (Å²) in [6.07, 6.45) is 4.42. The zero-order chi connectivity index (χ0) is 16.4. The van der Waals surface area contributed by atoms with Gasteiger partial charge < -0.3 is 4.90 Å². The molecule has 5 nitrogen and oxygen atoms in total. The van der Waals surface area contributed by atoms with Gasteiger partial charge in [-0.1, -0.05) is 25.5 Å². The van der Waals surface area contributed by atoms with E-state index in [9.17, 15) is 14.4 Å². The number of benzene rings is 1. The van der Waals surface area contributed by atoms with Crippen LogP contribution in [-0.4, -0.2) is 35.2 Å². The van der Waals surface area contributed by atoms with Crippen LogP contribution < -0.4 is 4.90 Å². The Labute approximate surface area is 136 Å². The van der Waals surface area contributed by atoms with E-state index >= 15 is 0 Å². The number of fused-ring (bicyclic) bond motifs is 2. The van der Waals surface area contributed by atoms with Gasteiger partial charge in [0.15, 0.2) is 0 Å². The van der Waals surface area contributed by atoms with E-state index in [2.05, 4.69) is 0 Å². The van der Waals surface area contributed by atoms with Crippen LogP contribution in [-0.2, 0) is 9.59 Å². The molecule has 1 fully saturated rings. The molecule has 2 aliphatic heterocycles. The molecule has 5 heteroatoms. The molecule has 2 heterocycles. The molecule has 1 aromatic carbocycles. The number of anilines is 1. The molecule has 0 saturated carbocycles. The van der Waals surface area contributed by atoms with E-state index in [-0.39, 0.29) is 17.7 Å². The molecule has 0 aromatic heterocycles. The molecule has 2 aliphatic rings. The van der Waals surface area contributed by atoms with E-state index in [4.69, 9.17) is 0 Å². The fourth-order valence-corrected chi connectivity index (χ4v) is 3.40. The maximum atomic E-state index is 13.0. The normalized spacial score (nSPS) is 20.8. The van der Waals surface area contributed by atoms with Crippen LogP contribution in [0.4, 0.5) is 5.69 Å². The molecule has 0 bridgehead atoms. The second-order valence-corrected chi connectivity index (χ2v) is 6.20. The standard InChI is InChI=1S/C18H22N2O3/c1-2-3-11-16(21)20-14-9-5-4-8-13(14)17(22)19-12-7-6-10-15(19)18(20)23/h4-5,8-9,15H,2-3,6-7,10-12H2,1H3/t15-/m0/s1. The largest absolute Gasteiger partial charge is 0.327 e. The lowest BCUT2D eigenvalue weighted by molar-refractivity contribution is -0.129. The number of para-hydroxylation sites is 1. The minimum atomic E-state index is -0.505. The van der Waals surface area contributed by atoms with E-state index in [0.29, 0.717) is 30.6 Å². The summed E-state index contributed by atoms with van der Waals surface area (Å²) in [7, 11) is 0. The van der Waals surface area contributed by atoms with Gasteiger partial charge in [-0.05, 0) is 37.8 Å². The number of amides is 3. The second kappa shape index (κ2) is 6.52. The van der Waals surface area contributed by atoms with Crippen LogP contribution in [0.5, 0.6) is 0 Å². The molecule has 0 unspecified atom stereocenters. The van der Waals surface area contributed by atoms with Crippen LogP contribution >= 0.6 is 0 Å². The van der Waals surface area contributed by atoms with Gasteiger partial charge in [0.05, 0.1) is 11.3 Å². The number of nitrogens with zero attached hydrogens (tertiary/aromatic N) is 2. The lowest BCUT2D eigenvalue weighted by Crippen LogP contribution is -2.52. The van der Waals surface area contributed by atoms with Gasteiger partial charge in [0.25, 0.3) is 11.8 Å². The van der Waals surface area contributed by atoms with Crippen LogP contribution in [0, 0.1) is 0 Å². The van der Waals surface area contributed by atoms with Crippen molar-refractivity contribution in [3.63, 3.8) is 0 Å². The Balaban J connectivity index is 2.06. The molecule has 1 atom stereocenters. The third-order valence-electron chi connectivity index (χ3n) is 4.64. The van der Waals surface area contributed by atoms with Gasteiger partial charge in [0.2, 0.25) is 5.91 Å². The molecule has 122 valence electrons. The summed E-state index contributed by atoms with van der Waals surface area (Å²) in [4.78, 5) is 41.4. The zero-order valence-corrected chi connectivity index (χ0v) is 13.5. The van der Waals surface area contributed by atoms with E-state index in [1.54, 1.807) is 29.2 Å². The fourth-order valence-electron chi connectivity index (χ4n) is 3.40. The van der Waals surface area contributed by atoms with Crippen molar-refractivity contribution in [3.05, 3.63) is 29.8 Å². The lowest BCUT2D eigenvalue weighted by atomic mass is 10.0. The summed E-state index contributed by atoms with van der Waals surface area (Å²) in [5, 5.41) is 0. The van der Waals surface area contributed by atoms with Crippen LogP contribution in [0.15, 0.2) is 24.3 Å². The van der Waals surface area contributed by atoms with Crippen molar-refractivity contribution in [1.82, 2.24) is 4.90 Å². The monoisotopic (exact) mass is 314 g/mol. The number of imide groups is 1. The number of piperidine rings is 1. The third-order valence-corrected chi connectivity index (χ3v) is 4.64. The highest BCUT2D eigenvalue weighted by Gasteiger charge is 2.42. The molecule has 0 radical (unpaired) electrons. The SMILES string of the molecule is CCCCC(=O)N1C(=O)[C@@H]2CCCCN2C(=O)c2ccccc21. The Bertz CT molecular complexity index is 641. The van der Waals surface area contributed by atoms with Crippen molar-refractivity contribution in [2.24, 2.45) is 0 Å². The number of unbranched alkanes of at least 4 members (excludes halogenated alkanes) is 1. The minimum absolute atomic E-state index is 0.135. The molecule has 1 saturated heterocycles. The third kappa shape index (κ3) is 2.76. The number of rotatable bonds is 3. The average molecular weight is 314 g/mol. The van der Waals surface area contributed by atoms with Gasteiger partial charge in [-0.3, -0.25) is 14.4 Å². The Kier molecular flexibility index (Phi) is 4.46. The summed E-state index contributed by atoms with van der Waals surface area (Å²) >= 11 is 0. The van der Waals surface area contributed by atoms with E-state index in [1.165, 1.54) is 4.90 Å². The quantitative estimate of drug-likeness (QED) is 0.862. The Morgan fingerprint density at radius 1 is 1.22 bits per heavy atom. The molecular weight excluding hydrogens is 292 g/mol. The van der Waals surface area contributed by atoms with Crippen molar-refractivity contribution >= 4 is 23.4 Å². The summed E-state index contributed by atoms with van der Waals surface area (Å²) in [6, 6.07) is 6.45. The molecule has 0 N–H and O–H groups in total. The zero-order valence-electron chi connectivity index (χ0n) is 13.5. The van der Waals surface area contributed by atoms with Gasteiger partial charge in [0, 0.05) is 13.0 Å². The van der Waals surface area contributed by atoms with E-state index in [0.717, 1.165) is 25.7 Å². The van der Waals surface area contributed by atoms with Gasteiger partial charge in [-0.15, -0.1) is 0 Å². The highest BCUT2D eigenvalue weighted by atomic mass is 16.2. The second-order valence-electron chi connectivity index (χ2n) is 6.20. The van der Waals surface area contributed by atoms with E-state index in [1.807, 2.05) is 6.92 Å². The van der Waals surface area contributed by atoms with Crippen LogP contribution in [0.25, 0.3) is 0 Å². The van der Waals surface area contributed by atoms with Gasteiger partial charge in [-0.2, -0.15) is 0 Å². The first-order chi connectivity index (χ1) is 11.1. The fraction of sp³-hybridized carbons (Fsp3) is 0.500. The topological polar surface area (TPSA) is 57.7 Å². The van der Waals surface area contributed by atoms with Crippen molar-refractivity contribution in [2.75, 3.05) is 11.4 Å². The van der Waals surface area contributed by atoms with E-state index < -0.39 is 6.04 Å². The molecule has 3 amide bonds. The van der Waals surface area contributed by atoms with Gasteiger partial charge in [0.1, 0.15) is 6.04 Å². The molecular formula is C18H22N2O3. The van der Waals surface area contributed by atoms with Gasteiger partial charge >= 0.3 is 0 Å². The molecule has 0 spiro atoms. The maximum absolute atomic E-state index is 13.0. The number of carbonyl (C=O) groups is 3. The highest BCUT2D eigenvalue weighted by Crippen LogP contribution is 2.32. The van der Waals surface area contributed by atoms with Crippen LogP contribution in [0.2, 0.25) is 0 Å². The summed E-state index contributed by atoms with van der Waals surface area (Å²) in [5.74, 6) is -0.585. The molecule has 23 heavy (non-hydrogen) atoms. The van der Waals surface area contributed by atoms with Crippen molar-refractivity contribution in [3.8, 4) is 0 Å². The van der Waals surface area contributed by atoms with Gasteiger partial charge in [-0.25, -0.2) is 4.90 Å². The molecule has 1 aromatic rings. The Morgan fingerprint density at radius 3 is 2.78 bits per heavy atom. The number of hydrogen-bond acceptors (Lipinski definition) is 3. The predicted octanol–water partition coefficient (Wildman–Crippen LogP) is 2.74. The highest BCUT2D eigenvalue weighted by molar-refractivity contribution is 6.22.